The highest BCUT2D eigenvalue weighted by atomic mass is 16.6. The van der Waals surface area contributed by atoms with Gasteiger partial charge in [-0.3, -0.25) is 0 Å². The molecule has 1 heterocycles. The molecule has 0 spiro atoms. The molecule has 0 fully saturated rings. The SMILES string of the molecule is CCCCOC(=O)C1=C(C(=O)OCCCC)OCCC1. The summed E-state index contributed by atoms with van der Waals surface area (Å²) in [5.41, 5.74) is 0.314. The summed E-state index contributed by atoms with van der Waals surface area (Å²) in [7, 11) is 0. The van der Waals surface area contributed by atoms with E-state index in [1.807, 2.05) is 13.8 Å². The minimum Gasteiger partial charge on any atom is -0.486 e. The number of hydrogen-bond donors (Lipinski definition) is 0. The van der Waals surface area contributed by atoms with Gasteiger partial charge in [0, 0.05) is 0 Å². The molecule has 5 heteroatoms. The minimum atomic E-state index is -0.555. The summed E-state index contributed by atoms with van der Waals surface area (Å²) in [6.07, 6.45) is 4.73. The Hall–Kier alpha value is -1.52. The van der Waals surface area contributed by atoms with Crippen LogP contribution >= 0.6 is 0 Å². The van der Waals surface area contributed by atoms with Crippen LogP contribution in [0.15, 0.2) is 11.3 Å². The van der Waals surface area contributed by atoms with E-state index in [1.165, 1.54) is 0 Å². The highest BCUT2D eigenvalue weighted by Crippen LogP contribution is 2.22. The summed E-state index contributed by atoms with van der Waals surface area (Å²) in [5.74, 6) is -0.977. The normalized spacial score (nSPS) is 14.7. The average Bonchev–Trinajstić information content (AvgIpc) is 2.47. The van der Waals surface area contributed by atoms with Gasteiger partial charge in [-0.2, -0.15) is 0 Å². The number of rotatable bonds is 8. The molecule has 0 N–H and O–H groups in total. The predicted molar refractivity (Wildman–Crippen MR) is 73.9 cm³/mol. The average molecular weight is 284 g/mol. The van der Waals surface area contributed by atoms with Crippen LogP contribution in [0, 0.1) is 0 Å². The molecule has 1 aliphatic rings. The van der Waals surface area contributed by atoms with Crippen LogP contribution in [0.4, 0.5) is 0 Å². The molecule has 0 radical (unpaired) electrons. The molecule has 0 aliphatic carbocycles. The van der Waals surface area contributed by atoms with Crippen LogP contribution in [-0.4, -0.2) is 31.8 Å². The van der Waals surface area contributed by atoms with Crippen LogP contribution < -0.4 is 0 Å². The van der Waals surface area contributed by atoms with E-state index in [1.54, 1.807) is 0 Å². The second kappa shape index (κ2) is 9.39. The standard InChI is InChI=1S/C15H24O5/c1-3-5-9-19-14(16)12-8-7-11-18-13(12)15(17)20-10-6-4-2/h3-11H2,1-2H3. The molecule has 0 atom stereocenters. The lowest BCUT2D eigenvalue weighted by atomic mass is 10.1. The first kappa shape index (κ1) is 16.5. The number of unbranched alkanes of at least 4 members (excludes halogenated alkanes) is 2. The maximum Gasteiger partial charge on any atom is 0.374 e. The van der Waals surface area contributed by atoms with Crippen LogP contribution in [-0.2, 0) is 23.8 Å². The van der Waals surface area contributed by atoms with Crippen molar-refractivity contribution in [3.05, 3.63) is 11.3 Å². The van der Waals surface area contributed by atoms with Gasteiger partial charge >= 0.3 is 11.9 Å². The smallest absolute Gasteiger partial charge is 0.374 e. The summed E-state index contributed by atoms with van der Waals surface area (Å²) in [6, 6.07) is 0. The fourth-order valence-electron chi connectivity index (χ4n) is 1.77. The van der Waals surface area contributed by atoms with Crippen LogP contribution in [0.25, 0.3) is 0 Å². The summed E-state index contributed by atoms with van der Waals surface area (Å²) in [5, 5.41) is 0. The summed E-state index contributed by atoms with van der Waals surface area (Å²) in [4.78, 5) is 23.9. The van der Waals surface area contributed by atoms with Crippen LogP contribution in [0.3, 0.4) is 0 Å². The minimum absolute atomic E-state index is 0.0360. The third-order valence-electron chi connectivity index (χ3n) is 2.99. The molecule has 20 heavy (non-hydrogen) atoms. The first-order valence-electron chi connectivity index (χ1n) is 7.40. The predicted octanol–water partition coefficient (Wildman–Crippen LogP) is 2.74. The maximum absolute atomic E-state index is 11.9. The number of carbonyl (C=O) groups is 2. The Labute approximate surface area is 120 Å². The van der Waals surface area contributed by atoms with Gasteiger partial charge in [0.15, 0.2) is 0 Å². The van der Waals surface area contributed by atoms with Gasteiger partial charge in [0.05, 0.1) is 25.4 Å². The second-order valence-corrected chi connectivity index (χ2v) is 4.74. The van der Waals surface area contributed by atoms with Gasteiger partial charge in [-0.05, 0) is 25.7 Å². The van der Waals surface area contributed by atoms with Crippen molar-refractivity contribution in [1.82, 2.24) is 0 Å². The lowest BCUT2D eigenvalue weighted by molar-refractivity contribution is -0.146. The molecule has 1 rings (SSSR count). The fourth-order valence-corrected chi connectivity index (χ4v) is 1.77. The molecule has 0 aromatic heterocycles. The molecule has 0 aromatic rings. The number of ether oxygens (including phenoxy) is 3. The molecule has 1 aliphatic heterocycles. The van der Waals surface area contributed by atoms with Crippen molar-refractivity contribution in [2.24, 2.45) is 0 Å². The van der Waals surface area contributed by atoms with E-state index in [-0.39, 0.29) is 5.76 Å². The quantitative estimate of drug-likeness (QED) is 0.506. The van der Waals surface area contributed by atoms with Crippen molar-refractivity contribution in [1.29, 1.82) is 0 Å². The van der Waals surface area contributed by atoms with E-state index < -0.39 is 11.9 Å². The second-order valence-electron chi connectivity index (χ2n) is 4.74. The molecule has 114 valence electrons. The third kappa shape index (κ3) is 5.23. The van der Waals surface area contributed by atoms with Gasteiger partial charge in [0.1, 0.15) is 0 Å². The monoisotopic (exact) mass is 284 g/mol. The highest BCUT2D eigenvalue weighted by Gasteiger charge is 2.27. The Kier molecular flexibility index (Phi) is 7.77. The first-order valence-corrected chi connectivity index (χ1v) is 7.40. The molecule has 0 amide bonds. The summed E-state index contributed by atoms with van der Waals surface area (Å²) >= 11 is 0. The van der Waals surface area contributed by atoms with Crippen LogP contribution in [0.5, 0.6) is 0 Å². The number of hydrogen-bond acceptors (Lipinski definition) is 5. The van der Waals surface area contributed by atoms with Crippen LogP contribution in [0.2, 0.25) is 0 Å². The number of esters is 2. The van der Waals surface area contributed by atoms with Crippen molar-refractivity contribution < 1.29 is 23.8 Å². The lowest BCUT2D eigenvalue weighted by Crippen LogP contribution is -2.23. The summed E-state index contributed by atoms with van der Waals surface area (Å²) < 4.78 is 15.6. The summed E-state index contributed by atoms with van der Waals surface area (Å²) in [6.45, 7) is 5.19. The largest absolute Gasteiger partial charge is 0.486 e. The Morgan fingerprint density at radius 3 is 2.25 bits per heavy atom. The zero-order valence-corrected chi connectivity index (χ0v) is 12.4. The van der Waals surface area contributed by atoms with Crippen LogP contribution in [0.1, 0.15) is 52.4 Å². The molecule has 0 unspecified atom stereocenters. The Bertz CT molecular complexity index is 325. The topological polar surface area (TPSA) is 61.8 Å². The van der Waals surface area contributed by atoms with Gasteiger partial charge in [-0.25, -0.2) is 9.59 Å². The van der Waals surface area contributed by atoms with E-state index in [2.05, 4.69) is 0 Å². The zero-order chi connectivity index (χ0) is 14.8. The highest BCUT2D eigenvalue weighted by molar-refractivity contribution is 5.99. The van der Waals surface area contributed by atoms with Crippen molar-refractivity contribution in [3.63, 3.8) is 0 Å². The van der Waals surface area contributed by atoms with Crippen molar-refractivity contribution in [3.8, 4) is 0 Å². The number of carbonyl (C=O) groups excluding carboxylic acids is 2. The third-order valence-corrected chi connectivity index (χ3v) is 2.99. The molecular formula is C15H24O5. The van der Waals surface area contributed by atoms with Gasteiger partial charge in [0.25, 0.3) is 0 Å². The Balaban J connectivity index is 2.64. The van der Waals surface area contributed by atoms with E-state index in [0.29, 0.717) is 38.2 Å². The van der Waals surface area contributed by atoms with Gasteiger partial charge in [0.2, 0.25) is 5.76 Å². The van der Waals surface area contributed by atoms with E-state index in [9.17, 15) is 9.59 Å². The van der Waals surface area contributed by atoms with Crippen molar-refractivity contribution in [2.75, 3.05) is 19.8 Å². The molecular weight excluding hydrogens is 260 g/mol. The zero-order valence-electron chi connectivity index (χ0n) is 12.4. The molecule has 0 aromatic carbocycles. The van der Waals surface area contributed by atoms with E-state index in [0.717, 1.165) is 25.7 Å². The van der Waals surface area contributed by atoms with Gasteiger partial charge in [-0.15, -0.1) is 0 Å². The van der Waals surface area contributed by atoms with E-state index in [4.69, 9.17) is 14.2 Å². The molecule has 0 bridgehead atoms. The van der Waals surface area contributed by atoms with Crippen molar-refractivity contribution in [2.45, 2.75) is 52.4 Å². The first-order chi connectivity index (χ1) is 9.70. The lowest BCUT2D eigenvalue weighted by Gasteiger charge is -2.19. The maximum atomic E-state index is 11.9. The van der Waals surface area contributed by atoms with Crippen molar-refractivity contribution >= 4 is 11.9 Å². The van der Waals surface area contributed by atoms with Gasteiger partial charge < -0.3 is 14.2 Å². The fraction of sp³-hybridized carbons (Fsp3) is 0.733. The Morgan fingerprint density at radius 2 is 1.65 bits per heavy atom. The van der Waals surface area contributed by atoms with Gasteiger partial charge in [-0.1, -0.05) is 26.7 Å². The Morgan fingerprint density at radius 1 is 1.05 bits per heavy atom. The molecule has 0 saturated carbocycles. The molecule has 0 saturated heterocycles. The van der Waals surface area contributed by atoms with E-state index >= 15 is 0 Å². The molecule has 5 nitrogen and oxygen atoms in total.